The third-order valence-corrected chi connectivity index (χ3v) is 3.79. The number of ether oxygens (including phenoxy) is 1. The Labute approximate surface area is 112 Å². The number of nitrogens with zero attached hydrogens (tertiary/aromatic N) is 4. The number of imidazole rings is 2. The zero-order valence-corrected chi connectivity index (χ0v) is 11.1. The predicted molar refractivity (Wildman–Crippen MR) is 70.4 cm³/mol. The van der Waals surface area contributed by atoms with Gasteiger partial charge in [0.2, 0.25) is 0 Å². The molecule has 2 N–H and O–H groups in total. The molecule has 0 saturated carbocycles. The lowest BCUT2D eigenvalue weighted by atomic mass is 9.97. The Bertz CT molecular complexity index is 541. The summed E-state index contributed by atoms with van der Waals surface area (Å²) in [4.78, 5) is 8.57. The molecule has 1 aliphatic rings. The van der Waals surface area contributed by atoms with Crippen LogP contribution in [-0.2, 0) is 18.3 Å². The molecule has 0 spiro atoms. The van der Waals surface area contributed by atoms with Crippen LogP contribution in [0.25, 0.3) is 0 Å². The Hall–Kier alpha value is -1.66. The van der Waals surface area contributed by atoms with Crippen LogP contribution in [0.5, 0.6) is 0 Å². The van der Waals surface area contributed by atoms with Gasteiger partial charge in [-0.2, -0.15) is 0 Å². The van der Waals surface area contributed by atoms with Crippen molar-refractivity contribution in [2.45, 2.75) is 19.0 Å². The van der Waals surface area contributed by atoms with Gasteiger partial charge in [-0.05, 0) is 6.42 Å². The lowest BCUT2D eigenvalue weighted by Crippen LogP contribution is -2.24. The summed E-state index contributed by atoms with van der Waals surface area (Å²) in [5, 5.41) is 0. The van der Waals surface area contributed by atoms with Gasteiger partial charge in [-0.1, -0.05) is 0 Å². The van der Waals surface area contributed by atoms with E-state index in [-0.39, 0.29) is 6.04 Å². The largest absolute Gasteiger partial charge is 0.381 e. The minimum Gasteiger partial charge on any atom is -0.381 e. The smallest absolute Gasteiger partial charge is 0.128 e. The summed E-state index contributed by atoms with van der Waals surface area (Å²) in [5.41, 5.74) is 7.40. The molecule has 0 amide bonds. The maximum Gasteiger partial charge on any atom is 0.128 e. The van der Waals surface area contributed by atoms with Gasteiger partial charge >= 0.3 is 0 Å². The number of aromatic nitrogens is 4. The highest BCUT2D eigenvalue weighted by Gasteiger charge is 2.26. The van der Waals surface area contributed by atoms with Crippen molar-refractivity contribution in [1.82, 2.24) is 19.1 Å². The van der Waals surface area contributed by atoms with E-state index in [9.17, 15) is 0 Å². The number of nitrogens with two attached hydrogens (primary N) is 1. The Morgan fingerprint density at radius 1 is 1.58 bits per heavy atom. The van der Waals surface area contributed by atoms with Crippen molar-refractivity contribution < 1.29 is 4.74 Å². The Morgan fingerprint density at radius 3 is 3.16 bits per heavy atom. The summed E-state index contributed by atoms with van der Waals surface area (Å²) in [5.74, 6) is 1.38. The molecule has 0 aliphatic carbocycles. The molecule has 1 fully saturated rings. The first kappa shape index (κ1) is 12.4. The summed E-state index contributed by atoms with van der Waals surface area (Å²) >= 11 is 0. The van der Waals surface area contributed by atoms with E-state index >= 15 is 0 Å². The molecule has 102 valence electrons. The van der Waals surface area contributed by atoms with Crippen molar-refractivity contribution in [2.24, 2.45) is 18.7 Å². The standard InChI is InChI=1S/C13H19N5O/c1-17-4-3-16-12(17)7-18-9-15-6-11(18)13(14)10-2-5-19-8-10/h3-4,6,9-10,13H,2,5,7-8,14H2,1H3. The third-order valence-electron chi connectivity index (χ3n) is 3.79. The first-order valence-corrected chi connectivity index (χ1v) is 6.55. The van der Waals surface area contributed by atoms with Crippen LogP contribution in [0.15, 0.2) is 24.9 Å². The van der Waals surface area contributed by atoms with Crippen molar-refractivity contribution in [3.63, 3.8) is 0 Å². The highest BCUT2D eigenvalue weighted by Crippen LogP contribution is 2.26. The molecule has 19 heavy (non-hydrogen) atoms. The maximum atomic E-state index is 6.34. The SMILES string of the molecule is Cn1ccnc1Cn1cncc1C(N)C1CCOC1. The van der Waals surface area contributed by atoms with Crippen molar-refractivity contribution in [3.8, 4) is 0 Å². The van der Waals surface area contributed by atoms with E-state index in [0.29, 0.717) is 12.5 Å². The summed E-state index contributed by atoms with van der Waals surface area (Å²) < 4.78 is 9.50. The summed E-state index contributed by atoms with van der Waals surface area (Å²) in [7, 11) is 1.99. The second-order valence-electron chi connectivity index (χ2n) is 5.05. The molecule has 0 radical (unpaired) electrons. The second kappa shape index (κ2) is 5.14. The van der Waals surface area contributed by atoms with Crippen molar-refractivity contribution >= 4 is 0 Å². The molecule has 3 rings (SSSR count). The van der Waals surface area contributed by atoms with Crippen LogP contribution in [0.3, 0.4) is 0 Å². The lowest BCUT2D eigenvalue weighted by Gasteiger charge is -2.19. The molecule has 2 atom stereocenters. The zero-order chi connectivity index (χ0) is 13.2. The highest BCUT2D eigenvalue weighted by atomic mass is 16.5. The molecule has 1 saturated heterocycles. The van der Waals surface area contributed by atoms with Gasteiger partial charge in [0, 0.05) is 38.2 Å². The van der Waals surface area contributed by atoms with E-state index in [2.05, 4.69) is 14.5 Å². The van der Waals surface area contributed by atoms with Crippen LogP contribution in [0, 0.1) is 5.92 Å². The van der Waals surface area contributed by atoms with Gasteiger partial charge in [-0.25, -0.2) is 9.97 Å². The molecule has 2 aromatic heterocycles. The molecular formula is C13H19N5O. The molecule has 3 heterocycles. The van der Waals surface area contributed by atoms with Crippen LogP contribution in [0.4, 0.5) is 0 Å². The number of rotatable bonds is 4. The molecular weight excluding hydrogens is 242 g/mol. The topological polar surface area (TPSA) is 70.9 Å². The number of hydrogen-bond acceptors (Lipinski definition) is 4. The summed E-state index contributed by atoms with van der Waals surface area (Å²) in [6.07, 6.45) is 8.44. The summed E-state index contributed by atoms with van der Waals surface area (Å²) in [6, 6.07) is -0.0229. The molecule has 0 bridgehead atoms. The molecule has 6 nitrogen and oxygen atoms in total. The Morgan fingerprint density at radius 2 is 2.47 bits per heavy atom. The van der Waals surface area contributed by atoms with Gasteiger partial charge in [-0.3, -0.25) is 0 Å². The van der Waals surface area contributed by atoms with Gasteiger partial charge in [0.1, 0.15) is 5.82 Å². The number of aryl methyl sites for hydroxylation is 1. The average molecular weight is 261 g/mol. The van der Waals surface area contributed by atoms with Crippen LogP contribution in [0.1, 0.15) is 24.0 Å². The zero-order valence-electron chi connectivity index (χ0n) is 11.1. The van der Waals surface area contributed by atoms with Crippen LogP contribution in [0.2, 0.25) is 0 Å². The summed E-state index contributed by atoms with van der Waals surface area (Å²) in [6.45, 7) is 2.25. The van der Waals surface area contributed by atoms with Gasteiger partial charge in [0.25, 0.3) is 0 Å². The quantitative estimate of drug-likeness (QED) is 0.879. The van der Waals surface area contributed by atoms with E-state index in [1.54, 1.807) is 6.20 Å². The molecule has 2 aromatic rings. The molecule has 6 heteroatoms. The van der Waals surface area contributed by atoms with Crippen molar-refractivity contribution in [2.75, 3.05) is 13.2 Å². The fourth-order valence-electron chi connectivity index (χ4n) is 2.52. The van der Waals surface area contributed by atoms with Gasteiger partial charge in [-0.15, -0.1) is 0 Å². The van der Waals surface area contributed by atoms with E-state index in [1.165, 1.54) is 0 Å². The van der Waals surface area contributed by atoms with E-state index in [0.717, 1.165) is 31.2 Å². The first-order chi connectivity index (χ1) is 9.25. The van der Waals surface area contributed by atoms with Crippen molar-refractivity contribution in [1.29, 1.82) is 0 Å². The van der Waals surface area contributed by atoms with Gasteiger partial charge < -0.3 is 19.6 Å². The van der Waals surface area contributed by atoms with Crippen LogP contribution in [-0.4, -0.2) is 32.3 Å². The molecule has 2 unspecified atom stereocenters. The monoisotopic (exact) mass is 261 g/mol. The number of hydrogen-bond donors (Lipinski definition) is 1. The van der Waals surface area contributed by atoms with Crippen LogP contribution < -0.4 is 5.73 Å². The molecule has 1 aliphatic heterocycles. The van der Waals surface area contributed by atoms with E-state index < -0.39 is 0 Å². The third kappa shape index (κ3) is 2.41. The van der Waals surface area contributed by atoms with E-state index in [1.807, 2.05) is 30.3 Å². The first-order valence-electron chi connectivity index (χ1n) is 6.55. The average Bonchev–Trinajstić information content (AvgIpc) is 3.12. The van der Waals surface area contributed by atoms with Crippen molar-refractivity contribution in [3.05, 3.63) is 36.4 Å². The Kier molecular flexibility index (Phi) is 3.35. The lowest BCUT2D eigenvalue weighted by molar-refractivity contribution is 0.180. The maximum absolute atomic E-state index is 6.34. The predicted octanol–water partition coefficient (Wildman–Crippen LogP) is 0.701. The van der Waals surface area contributed by atoms with Gasteiger partial charge in [0.15, 0.2) is 0 Å². The Balaban J connectivity index is 1.80. The fraction of sp³-hybridized carbons (Fsp3) is 0.538. The van der Waals surface area contributed by atoms with Crippen LogP contribution >= 0.6 is 0 Å². The second-order valence-corrected chi connectivity index (χ2v) is 5.05. The normalized spacial score (nSPS) is 20.8. The molecule has 0 aromatic carbocycles. The van der Waals surface area contributed by atoms with Gasteiger partial charge in [0.05, 0.1) is 31.2 Å². The fourth-order valence-corrected chi connectivity index (χ4v) is 2.52. The minimum atomic E-state index is -0.0229. The highest BCUT2D eigenvalue weighted by molar-refractivity contribution is 5.09. The van der Waals surface area contributed by atoms with E-state index in [4.69, 9.17) is 10.5 Å². The minimum absolute atomic E-state index is 0.0229.